The van der Waals surface area contributed by atoms with E-state index in [4.69, 9.17) is 23.2 Å². The highest BCUT2D eigenvalue weighted by Gasteiger charge is 2.30. The van der Waals surface area contributed by atoms with Gasteiger partial charge in [-0.05, 0) is 35.7 Å². The minimum atomic E-state index is -0.403. The molecule has 7 heteroatoms. The molecule has 1 fully saturated rings. The van der Waals surface area contributed by atoms with E-state index < -0.39 is 5.82 Å². The highest BCUT2D eigenvalue weighted by atomic mass is 35.5. The van der Waals surface area contributed by atoms with Crippen molar-refractivity contribution in [2.45, 2.75) is 25.0 Å². The van der Waals surface area contributed by atoms with Gasteiger partial charge < -0.3 is 5.32 Å². The SMILES string of the molecule is O=C(NCc1ccc(F)cc1Cl)C1CC(c2ccccc2Cl)NN1. The van der Waals surface area contributed by atoms with Crippen molar-refractivity contribution in [3.63, 3.8) is 0 Å². The van der Waals surface area contributed by atoms with Crippen molar-refractivity contribution < 1.29 is 9.18 Å². The van der Waals surface area contributed by atoms with Crippen LogP contribution in [0.4, 0.5) is 4.39 Å². The third-order valence-electron chi connectivity index (χ3n) is 3.97. The van der Waals surface area contributed by atoms with Gasteiger partial charge in [0.1, 0.15) is 11.9 Å². The summed E-state index contributed by atoms with van der Waals surface area (Å²) in [7, 11) is 0. The predicted octanol–water partition coefficient (Wildman–Crippen LogP) is 3.36. The first-order chi connectivity index (χ1) is 11.5. The average Bonchev–Trinajstić information content (AvgIpc) is 3.04. The number of amides is 1. The quantitative estimate of drug-likeness (QED) is 0.776. The number of carbonyl (C=O) groups is 1. The molecule has 0 saturated carbocycles. The van der Waals surface area contributed by atoms with Gasteiger partial charge >= 0.3 is 0 Å². The van der Waals surface area contributed by atoms with E-state index in [2.05, 4.69) is 16.2 Å². The number of benzene rings is 2. The fourth-order valence-corrected chi connectivity index (χ4v) is 3.16. The van der Waals surface area contributed by atoms with Crippen LogP contribution >= 0.6 is 23.2 Å². The molecular formula is C17H16Cl2FN3O. The zero-order chi connectivity index (χ0) is 17.1. The molecule has 4 nitrogen and oxygen atoms in total. The monoisotopic (exact) mass is 367 g/mol. The lowest BCUT2D eigenvalue weighted by atomic mass is 10.0. The Kier molecular flexibility index (Phi) is 5.36. The van der Waals surface area contributed by atoms with E-state index in [0.29, 0.717) is 22.0 Å². The van der Waals surface area contributed by atoms with Gasteiger partial charge in [0.25, 0.3) is 0 Å². The fraction of sp³-hybridized carbons (Fsp3) is 0.235. The summed E-state index contributed by atoms with van der Waals surface area (Å²) in [5.74, 6) is -0.559. The maximum Gasteiger partial charge on any atom is 0.238 e. The van der Waals surface area contributed by atoms with E-state index >= 15 is 0 Å². The molecule has 3 rings (SSSR count). The summed E-state index contributed by atoms with van der Waals surface area (Å²) >= 11 is 12.1. The third kappa shape index (κ3) is 3.87. The number of carbonyl (C=O) groups excluding carboxylic acids is 1. The van der Waals surface area contributed by atoms with Crippen molar-refractivity contribution in [2.24, 2.45) is 0 Å². The summed E-state index contributed by atoms with van der Waals surface area (Å²) in [6.07, 6.45) is 0.576. The third-order valence-corrected chi connectivity index (χ3v) is 4.66. The molecule has 24 heavy (non-hydrogen) atoms. The Labute approximate surface area is 149 Å². The average molecular weight is 368 g/mol. The normalized spacial score (nSPS) is 20.1. The molecule has 2 unspecified atom stereocenters. The van der Waals surface area contributed by atoms with Crippen molar-refractivity contribution in [1.82, 2.24) is 16.2 Å². The van der Waals surface area contributed by atoms with Gasteiger partial charge in [-0.15, -0.1) is 0 Å². The van der Waals surface area contributed by atoms with Crippen molar-refractivity contribution in [3.8, 4) is 0 Å². The molecule has 1 heterocycles. The van der Waals surface area contributed by atoms with E-state index in [1.54, 1.807) is 6.07 Å². The van der Waals surface area contributed by atoms with Gasteiger partial charge in [0.15, 0.2) is 0 Å². The predicted molar refractivity (Wildman–Crippen MR) is 92.1 cm³/mol. The zero-order valence-corrected chi connectivity index (χ0v) is 14.2. The van der Waals surface area contributed by atoms with Crippen LogP contribution in [0, 0.1) is 5.82 Å². The molecule has 3 N–H and O–H groups in total. The topological polar surface area (TPSA) is 53.2 Å². The summed E-state index contributed by atoms with van der Waals surface area (Å²) in [4.78, 5) is 12.3. The number of hydrogen-bond donors (Lipinski definition) is 3. The molecule has 2 aromatic carbocycles. The van der Waals surface area contributed by atoms with Crippen LogP contribution in [0.15, 0.2) is 42.5 Å². The molecule has 0 radical (unpaired) electrons. The van der Waals surface area contributed by atoms with Crippen LogP contribution in [0.2, 0.25) is 10.0 Å². The smallest absolute Gasteiger partial charge is 0.238 e. The molecule has 1 aliphatic heterocycles. The molecule has 0 bridgehead atoms. The molecule has 0 aromatic heterocycles. The number of halogens is 3. The second-order valence-corrected chi connectivity index (χ2v) is 6.42. The molecule has 0 spiro atoms. The highest BCUT2D eigenvalue weighted by molar-refractivity contribution is 6.31. The van der Waals surface area contributed by atoms with E-state index in [9.17, 15) is 9.18 Å². The standard InChI is InChI=1S/C17H16Cl2FN3O/c18-13-4-2-1-3-12(13)15-8-16(23-22-15)17(24)21-9-10-5-6-11(20)7-14(10)19/h1-7,15-16,22-23H,8-9H2,(H,21,24). The van der Waals surface area contributed by atoms with Gasteiger partial charge in [-0.2, -0.15) is 0 Å². The minimum Gasteiger partial charge on any atom is -0.351 e. The number of rotatable bonds is 4. The summed E-state index contributed by atoms with van der Waals surface area (Å²) in [6.45, 7) is 0.243. The van der Waals surface area contributed by atoms with Gasteiger partial charge in [0, 0.05) is 22.6 Å². The summed E-state index contributed by atoms with van der Waals surface area (Å²) < 4.78 is 13.0. The maximum atomic E-state index is 13.0. The molecule has 0 aliphatic carbocycles. The Morgan fingerprint density at radius 3 is 2.71 bits per heavy atom. The molecule has 2 aromatic rings. The lowest BCUT2D eigenvalue weighted by Crippen LogP contribution is -2.42. The molecule has 1 aliphatic rings. The van der Waals surface area contributed by atoms with Crippen LogP contribution in [0.3, 0.4) is 0 Å². The second-order valence-electron chi connectivity index (χ2n) is 5.60. The van der Waals surface area contributed by atoms with Gasteiger partial charge in [-0.25, -0.2) is 15.2 Å². The Morgan fingerprint density at radius 1 is 1.17 bits per heavy atom. The Balaban J connectivity index is 1.58. The Hall–Kier alpha value is -1.66. The van der Waals surface area contributed by atoms with Gasteiger partial charge in [-0.1, -0.05) is 47.5 Å². The van der Waals surface area contributed by atoms with E-state index in [0.717, 1.165) is 5.56 Å². The van der Waals surface area contributed by atoms with E-state index in [-0.39, 0.29) is 24.5 Å². The highest BCUT2D eigenvalue weighted by Crippen LogP contribution is 2.28. The number of hydrazine groups is 1. The van der Waals surface area contributed by atoms with Gasteiger partial charge in [0.2, 0.25) is 5.91 Å². The van der Waals surface area contributed by atoms with Crippen LogP contribution in [0.1, 0.15) is 23.6 Å². The van der Waals surface area contributed by atoms with Crippen molar-refractivity contribution >= 4 is 29.1 Å². The van der Waals surface area contributed by atoms with Gasteiger partial charge in [0.05, 0.1) is 0 Å². The van der Waals surface area contributed by atoms with Crippen LogP contribution in [0.25, 0.3) is 0 Å². The molecular weight excluding hydrogens is 352 g/mol. The van der Waals surface area contributed by atoms with Crippen molar-refractivity contribution in [2.75, 3.05) is 0 Å². The molecule has 126 valence electrons. The van der Waals surface area contributed by atoms with Crippen LogP contribution < -0.4 is 16.2 Å². The first-order valence-electron chi connectivity index (χ1n) is 7.51. The first-order valence-corrected chi connectivity index (χ1v) is 8.27. The van der Waals surface area contributed by atoms with E-state index in [1.807, 2.05) is 24.3 Å². The van der Waals surface area contributed by atoms with Crippen LogP contribution in [-0.4, -0.2) is 11.9 Å². The summed E-state index contributed by atoms with van der Waals surface area (Å²) in [5.41, 5.74) is 7.68. The van der Waals surface area contributed by atoms with Crippen LogP contribution in [0.5, 0.6) is 0 Å². The number of nitrogens with one attached hydrogen (secondary N) is 3. The molecule has 1 saturated heterocycles. The fourth-order valence-electron chi connectivity index (χ4n) is 2.66. The van der Waals surface area contributed by atoms with Crippen molar-refractivity contribution in [3.05, 3.63) is 69.5 Å². The lowest BCUT2D eigenvalue weighted by molar-refractivity contribution is -0.123. The largest absolute Gasteiger partial charge is 0.351 e. The van der Waals surface area contributed by atoms with Gasteiger partial charge in [-0.3, -0.25) is 4.79 Å². The molecule has 1 amide bonds. The Morgan fingerprint density at radius 2 is 1.96 bits per heavy atom. The number of hydrogen-bond acceptors (Lipinski definition) is 3. The Bertz CT molecular complexity index is 756. The molecule has 2 atom stereocenters. The lowest BCUT2D eigenvalue weighted by Gasteiger charge is -2.12. The minimum absolute atomic E-state index is 0.0381. The maximum absolute atomic E-state index is 13.0. The zero-order valence-electron chi connectivity index (χ0n) is 12.7. The first kappa shape index (κ1) is 17.2. The second kappa shape index (κ2) is 7.49. The van der Waals surface area contributed by atoms with Crippen molar-refractivity contribution in [1.29, 1.82) is 0 Å². The summed E-state index contributed by atoms with van der Waals surface area (Å²) in [6, 6.07) is 11.2. The van der Waals surface area contributed by atoms with E-state index in [1.165, 1.54) is 12.1 Å². The van der Waals surface area contributed by atoms with Crippen LogP contribution in [-0.2, 0) is 11.3 Å². The summed E-state index contributed by atoms with van der Waals surface area (Å²) in [5, 5.41) is 3.76.